The molecule has 2 aromatic heterocycles. The third-order valence-corrected chi connectivity index (χ3v) is 4.87. The first-order valence-corrected chi connectivity index (χ1v) is 9.23. The maximum atomic E-state index is 5.58. The largest absolute Gasteiger partial charge is 0.496 e. The summed E-state index contributed by atoms with van der Waals surface area (Å²) in [4.78, 5) is 14.2. The van der Waals surface area contributed by atoms with Gasteiger partial charge in [-0.1, -0.05) is 18.7 Å². The average Bonchev–Trinajstić information content (AvgIpc) is 3.13. The zero-order valence-corrected chi connectivity index (χ0v) is 16.9. The summed E-state index contributed by atoms with van der Waals surface area (Å²) in [5.74, 6) is 2.47. The molecule has 0 saturated carbocycles. The van der Waals surface area contributed by atoms with E-state index in [0.29, 0.717) is 40.8 Å². The lowest BCUT2D eigenvalue weighted by Gasteiger charge is -2.16. The van der Waals surface area contributed by atoms with E-state index in [-0.39, 0.29) is 0 Å². The molecule has 0 aliphatic carbocycles. The van der Waals surface area contributed by atoms with E-state index in [1.54, 1.807) is 27.4 Å². The smallest absolute Gasteiger partial charge is 0.198 e. The monoisotopic (exact) mass is 390 g/mol. The Kier molecular flexibility index (Phi) is 4.80. The van der Waals surface area contributed by atoms with Crippen molar-refractivity contribution < 1.29 is 14.2 Å². The number of hydrogen-bond acceptors (Lipinski definition) is 6. The van der Waals surface area contributed by atoms with Crippen molar-refractivity contribution in [2.45, 2.75) is 13.5 Å². The molecule has 0 fully saturated rings. The van der Waals surface area contributed by atoms with Crippen molar-refractivity contribution in [1.82, 2.24) is 19.5 Å². The molecule has 0 N–H and O–H groups in total. The van der Waals surface area contributed by atoms with Crippen LogP contribution in [0.4, 0.5) is 0 Å². The van der Waals surface area contributed by atoms with Crippen LogP contribution in [0.5, 0.6) is 17.2 Å². The second kappa shape index (κ2) is 7.43. The number of para-hydroxylation sites is 2. The number of benzene rings is 2. The Morgan fingerprint density at radius 3 is 2.14 bits per heavy atom. The zero-order valence-electron chi connectivity index (χ0n) is 16.9. The van der Waals surface area contributed by atoms with E-state index in [4.69, 9.17) is 24.2 Å². The maximum Gasteiger partial charge on any atom is 0.198 e. The fourth-order valence-corrected chi connectivity index (χ4v) is 3.41. The number of imidazole rings is 1. The lowest BCUT2D eigenvalue weighted by Crippen LogP contribution is -2.04. The summed E-state index contributed by atoms with van der Waals surface area (Å²) in [7, 11) is 4.79. The summed E-state index contributed by atoms with van der Waals surface area (Å²) in [6, 6.07) is 11.4. The molecule has 0 unspecified atom stereocenters. The van der Waals surface area contributed by atoms with Crippen molar-refractivity contribution in [2.75, 3.05) is 21.3 Å². The van der Waals surface area contributed by atoms with Gasteiger partial charge in [0.15, 0.2) is 22.8 Å². The summed E-state index contributed by atoms with van der Waals surface area (Å²) in [6.07, 6.45) is 0. The Bertz CT molecular complexity index is 1230. The first-order chi connectivity index (χ1) is 14.1. The van der Waals surface area contributed by atoms with Crippen molar-refractivity contribution in [3.8, 4) is 17.2 Å². The second-order valence-electron chi connectivity index (χ2n) is 6.43. The van der Waals surface area contributed by atoms with Gasteiger partial charge in [-0.05, 0) is 25.1 Å². The van der Waals surface area contributed by atoms with Gasteiger partial charge in [0.2, 0.25) is 0 Å². The van der Waals surface area contributed by atoms with E-state index in [9.17, 15) is 0 Å². The van der Waals surface area contributed by atoms with Crippen LogP contribution in [0, 0.1) is 0 Å². The zero-order chi connectivity index (χ0) is 20.5. The molecule has 2 aromatic carbocycles. The Hall–Kier alpha value is -3.61. The highest BCUT2D eigenvalue weighted by molar-refractivity contribution is 5.87. The lowest BCUT2D eigenvalue weighted by atomic mass is 10.0. The minimum absolute atomic E-state index is 0.583. The first-order valence-electron chi connectivity index (χ1n) is 9.23. The molecule has 7 nitrogen and oxygen atoms in total. The number of aromatic nitrogens is 4. The molecular formula is C22H22N4O3. The van der Waals surface area contributed by atoms with Crippen molar-refractivity contribution in [1.29, 1.82) is 0 Å². The maximum absolute atomic E-state index is 5.58. The highest BCUT2D eigenvalue weighted by atomic mass is 16.5. The Morgan fingerprint density at radius 1 is 0.897 bits per heavy atom. The molecule has 4 rings (SSSR count). The number of nitrogens with zero attached hydrogens (tertiary/aromatic N) is 4. The molecule has 0 aliphatic heterocycles. The van der Waals surface area contributed by atoms with Crippen molar-refractivity contribution in [3.63, 3.8) is 0 Å². The summed E-state index contributed by atoms with van der Waals surface area (Å²) in [5, 5.41) is 0. The van der Waals surface area contributed by atoms with Gasteiger partial charge in [-0.2, -0.15) is 0 Å². The van der Waals surface area contributed by atoms with Crippen LogP contribution in [0.1, 0.15) is 18.3 Å². The van der Waals surface area contributed by atoms with Crippen LogP contribution in [-0.4, -0.2) is 40.8 Å². The van der Waals surface area contributed by atoms with E-state index < -0.39 is 0 Å². The molecule has 0 amide bonds. The van der Waals surface area contributed by atoms with Crippen LogP contribution in [-0.2, 0) is 6.54 Å². The molecule has 0 atom stereocenters. The molecule has 0 bridgehead atoms. The average molecular weight is 390 g/mol. The topological polar surface area (TPSA) is 71.3 Å². The molecular weight excluding hydrogens is 368 g/mol. The molecule has 4 aromatic rings. The third-order valence-electron chi connectivity index (χ3n) is 4.87. The number of methoxy groups -OCH3 is 3. The molecule has 29 heavy (non-hydrogen) atoms. The van der Waals surface area contributed by atoms with Crippen LogP contribution in [0.3, 0.4) is 0 Å². The lowest BCUT2D eigenvalue weighted by molar-refractivity contribution is 0.348. The van der Waals surface area contributed by atoms with Crippen molar-refractivity contribution in [2.24, 2.45) is 0 Å². The SMILES string of the molecule is C=C(c1cc(OC)c(OC)cc1OC)c1nc2nc3ccccc3nc2n1CC. The van der Waals surface area contributed by atoms with Gasteiger partial charge in [0, 0.05) is 23.7 Å². The van der Waals surface area contributed by atoms with Crippen LogP contribution in [0.15, 0.2) is 43.0 Å². The summed E-state index contributed by atoms with van der Waals surface area (Å²) in [6.45, 7) is 7.01. The standard InChI is InChI=1S/C22H22N4O3/c1-6-26-21(25-20-22(26)24-16-10-8-7-9-15(16)23-20)13(2)14-11-18(28-4)19(29-5)12-17(14)27-3/h7-12H,2,6H2,1,3-5H3. The Morgan fingerprint density at radius 2 is 1.52 bits per heavy atom. The third kappa shape index (κ3) is 3.04. The minimum Gasteiger partial charge on any atom is -0.496 e. The van der Waals surface area contributed by atoms with E-state index in [1.165, 1.54) is 0 Å². The number of aryl methyl sites for hydroxylation is 1. The Labute approximate surface area is 168 Å². The van der Waals surface area contributed by atoms with E-state index >= 15 is 0 Å². The number of hydrogen-bond donors (Lipinski definition) is 0. The highest BCUT2D eigenvalue weighted by Crippen LogP contribution is 2.39. The fraction of sp³-hybridized carbons (Fsp3) is 0.227. The summed E-state index contributed by atoms with van der Waals surface area (Å²) < 4.78 is 18.4. The predicted octanol–water partition coefficient (Wildman–Crippen LogP) is 4.09. The second-order valence-corrected chi connectivity index (χ2v) is 6.43. The van der Waals surface area contributed by atoms with Gasteiger partial charge >= 0.3 is 0 Å². The Balaban J connectivity index is 1.92. The van der Waals surface area contributed by atoms with Crippen LogP contribution >= 0.6 is 0 Å². The van der Waals surface area contributed by atoms with Gasteiger partial charge in [0.25, 0.3) is 0 Å². The van der Waals surface area contributed by atoms with Crippen LogP contribution in [0.2, 0.25) is 0 Å². The molecule has 0 spiro atoms. The molecule has 148 valence electrons. The minimum atomic E-state index is 0.583. The van der Waals surface area contributed by atoms with Gasteiger partial charge in [-0.25, -0.2) is 15.0 Å². The van der Waals surface area contributed by atoms with E-state index in [1.807, 2.05) is 41.8 Å². The normalized spacial score (nSPS) is 11.0. The van der Waals surface area contributed by atoms with Gasteiger partial charge in [0.1, 0.15) is 11.6 Å². The molecule has 2 heterocycles. The number of ether oxygens (including phenoxy) is 3. The quantitative estimate of drug-likeness (QED) is 0.494. The number of rotatable bonds is 6. The van der Waals surface area contributed by atoms with Gasteiger partial charge in [0.05, 0.1) is 32.4 Å². The highest BCUT2D eigenvalue weighted by Gasteiger charge is 2.21. The fourth-order valence-electron chi connectivity index (χ4n) is 3.41. The first kappa shape index (κ1) is 18.7. The predicted molar refractivity (Wildman–Crippen MR) is 113 cm³/mol. The van der Waals surface area contributed by atoms with Crippen LogP contribution < -0.4 is 14.2 Å². The van der Waals surface area contributed by atoms with Crippen LogP contribution in [0.25, 0.3) is 27.9 Å². The molecule has 0 radical (unpaired) electrons. The molecule has 0 saturated heterocycles. The van der Waals surface area contributed by atoms with Gasteiger partial charge < -0.3 is 18.8 Å². The van der Waals surface area contributed by atoms with Gasteiger partial charge in [-0.3, -0.25) is 0 Å². The van der Waals surface area contributed by atoms with E-state index in [2.05, 4.69) is 11.6 Å². The van der Waals surface area contributed by atoms with E-state index in [0.717, 1.165) is 22.2 Å². The van der Waals surface area contributed by atoms with Crippen molar-refractivity contribution >= 4 is 27.9 Å². The van der Waals surface area contributed by atoms with Gasteiger partial charge in [-0.15, -0.1) is 0 Å². The molecule has 7 heteroatoms. The molecule has 0 aliphatic rings. The summed E-state index contributed by atoms with van der Waals surface area (Å²) in [5.41, 5.74) is 4.40. The number of fused-ring (bicyclic) bond motifs is 2. The van der Waals surface area contributed by atoms with Crippen molar-refractivity contribution in [3.05, 3.63) is 54.4 Å². The summed E-state index contributed by atoms with van der Waals surface area (Å²) >= 11 is 0.